The van der Waals surface area contributed by atoms with Gasteiger partial charge >= 0.3 is 0 Å². The molecule has 0 aliphatic heterocycles. The molecule has 6 N–H and O–H groups in total. The molecule has 7 nitrogen and oxygen atoms in total. The van der Waals surface area contributed by atoms with Gasteiger partial charge in [0.15, 0.2) is 5.13 Å². The van der Waals surface area contributed by atoms with Gasteiger partial charge in [-0.05, 0) is 26.7 Å². The molecular weight excluding hydrogens is 266 g/mol. The third kappa shape index (κ3) is 3.14. The SMILES string of the molecule is CC(C)(NC(=O)c1sc(NC2CC2)nc1N)C(N)=O. The molecule has 1 aliphatic rings. The van der Waals surface area contributed by atoms with Crippen molar-refractivity contribution in [3.8, 4) is 0 Å². The third-order valence-electron chi connectivity index (χ3n) is 2.81. The van der Waals surface area contributed by atoms with Crippen molar-refractivity contribution in [2.24, 2.45) is 5.73 Å². The number of amides is 2. The zero-order valence-electron chi connectivity index (χ0n) is 10.8. The summed E-state index contributed by atoms with van der Waals surface area (Å²) in [6.07, 6.45) is 2.21. The summed E-state index contributed by atoms with van der Waals surface area (Å²) in [4.78, 5) is 27.6. The van der Waals surface area contributed by atoms with Gasteiger partial charge in [0.2, 0.25) is 5.91 Å². The van der Waals surface area contributed by atoms with Crippen LogP contribution in [-0.4, -0.2) is 28.4 Å². The van der Waals surface area contributed by atoms with Crippen LogP contribution < -0.4 is 22.1 Å². The second kappa shape index (κ2) is 4.69. The molecular formula is C11H17N5O2S. The van der Waals surface area contributed by atoms with Crippen LogP contribution in [0.3, 0.4) is 0 Å². The minimum atomic E-state index is -1.13. The second-order valence-corrected chi connectivity index (χ2v) is 6.09. The lowest BCUT2D eigenvalue weighted by Gasteiger charge is -2.21. The molecule has 1 fully saturated rings. The predicted molar refractivity (Wildman–Crippen MR) is 73.9 cm³/mol. The normalized spacial score (nSPS) is 15.1. The lowest BCUT2D eigenvalue weighted by molar-refractivity contribution is -0.122. The first-order valence-corrected chi connectivity index (χ1v) is 6.76. The van der Waals surface area contributed by atoms with Gasteiger partial charge < -0.3 is 22.1 Å². The van der Waals surface area contributed by atoms with E-state index in [1.54, 1.807) is 0 Å². The molecule has 1 aromatic heterocycles. The highest BCUT2D eigenvalue weighted by Gasteiger charge is 2.30. The Morgan fingerprint density at radius 2 is 2.05 bits per heavy atom. The van der Waals surface area contributed by atoms with Crippen molar-refractivity contribution in [3.63, 3.8) is 0 Å². The second-order valence-electron chi connectivity index (χ2n) is 5.10. The van der Waals surface area contributed by atoms with E-state index in [1.807, 2.05) is 0 Å². The Kier molecular flexibility index (Phi) is 3.36. The number of hydrogen-bond donors (Lipinski definition) is 4. The van der Waals surface area contributed by atoms with E-state index in [1.165, 1.54) is 25.2 Å². The predicted octanol–water partition coefficient (Wildman–Crippen LogP) is 0.293. The molecule has 19 heavy (non-hydrogen) atoms. The Labute approximate surface area is 114 Å². The van der Waals surface area contributed by atoms with E-state index in [9.17, 15) is 9.59 Å². The summed E-state index contributed by atoms with van der Waals surface area (Å²) in [6.45, 7) is 3.07. The number of nitrogen functional groups attached to an aromatic ring is 1. The van der Waals surface area contributed by atoms with Crippen LogP contribution in [0.15, 0.2) is 0 Å². The van der Waals surface area contributed by atoms with Crippen LogP contribution >= 0.6 is 11.3 Å². The summed E-state index contributed by atoms with van der Waals surface area (Å²) in [6, 6.07) is 0.434. The molecule has 104 valence electrons. The number of nitrogens with two attached hydrogens (primary N) is 2. The van der Waals surface area contributed by atoms with E-state index in [4.69, 9.17) is 11.5 Å². The van der Waals surface area contributed by atoms with Crippen LogP contribution in [-0.2, 0) is 4.79 Å². The van der Waals surface area contributed by atoms with Crippen LogP contribution in [0.4, 0.5) is 10.9 Å². The molecule has 1 heterocycles. The number of nitrogens with zero attached hydrogens (tertiary/aromatic N) is 1. The third-order valence-corrected chi connectivity index (χ3v) is 3.81. The van der Waals surface area contributed by atoms with E-state index in [2.05, 4.69) is 15.6 Å². The van der Waals surface area contributed by atoms with Gasteiger partial charge in [0.05, 0.1) is 0 Å². The molecule has 0 unspecified atom stereocenters. The van der Waals surface area contributed by atoms with Crippen molar-refractivity contribution >= 4 is 34.1 Å². The Morgan fingerprint density at radius 1 is 1.42 bits per heavy atom. The first-order valence-electron chi connectivity index (χ1n) is 5.95. The fourth-order valence-electron chi connectivity index (χ4n) is 1.36. The molecule has 0 radical (unpaired) electrons. The maximum Gasteiger partial charge on any atom is 0.266 e. The number of anilines is 2. The molecule has 0 aromatic carbocycles. The van der Waals surface area contributed by atoms with Crippen LogP contribution in [0, 0.1) is 0 Å². The van der Waals surface area contributed by atoms with Gasteiger partial charge in [0.25, 0.3) is 5.91 Å². The number of hydrogen-bond acceptors (Lipinski definition) is 6. The number of rotatable bonds is 5. The average Bonchev–Trinajstić information content (AvgIpc) is 3.00. The fourth-order valence-corrected chi connectivity index (χ4v) is 2.22. The highest BCUT2D eigenvalue weighted by Crippen LogP contribution is 2.30. The zero-order valence-corrected chi connectivity index (χ0v) is 11.6. The molecule has 0 saturated heterocycles. The van der Waals surface area contributed by atoms with E-state index in [0.29, 0.717) is 11.2 Å². The van der Waals surface area contributed by atoms with E-state index in [0.717, 1.165) is 12.8 Å². The van der Waals surface area contributed by atoms with Crippen molar-refractivity contribution in [3.05, 3.63) is 4.88 Å². The highest BCUT2D eigenvalue weighted by atomic mass is 32.1. The lowest BCUT2D eigenvalue weighted by atomic mass is 10.1. The standard InChI is InChI=1S/C11H17N5O2S/c1-11(2,9(13)18)16-8(17)6-7(12)15-10(19-6)14-5-3-4-5/h5H,3-4,12H2,1-2H3,(H2,13,18)(H,14,15)(H,16,17). The molecule has 2 amide bonds. The molecule has 0 bridgehead atoms. The number of aromatic nitrogens is 1. The van der Waals surface area contributed by atoms with Crippen LogP contribution in [0.5, 0.6) is 0 Å². The van der Waals surface area contributed by atoms with Gasteiger partial charge in [-0.25, -0.2) is 4.98 Å². The van der Waals surface area contributed by atoms with Crippen molar-refractivity contribution < 1.29 is 9.59 Å². The summed E-state index contributed by atoms with van der Waals surface area (Å²) in [5, 5.41) is 6.34. The molecule has 1 saturated carbocycles. The van der Waals surface area contributed by atoms with E-state index < -0.39 is 17.4 Å². The quantitative estimate of drug-likeness (QED) is 0.618. The van der Waals surface area contributed by atoms with Gasteiger partial charge in [-0.15, -0.1) is 0 Å². The maximum atomic E-state index is 12.0. The molecule has 8 heteroatoms. The summed E-state index contributed by atoms with van der Waals surface area (Å²) in [7, 11) is 0. The first-order chi connectivity index (χ1) is 8.79. The molecule has 1 aromatic rings. The number of carbonyl (C=O) groups is 2. The molecule has 0 atom stereocenters. The topological polar surface area (TPSA) is 123 Å². The van der Waals surface area contributed by atoms with E-state index in [-0.39, 0.29) is 10.7 Å². The van der Waals surface area contributed by atoms with Gasteiger partial charge in [0.1, 0.15) is 16.2 Å². The average molecular weight is 283 g/mol. The van der Waals surface area contributed by atoms with Crippen molar-refractivity contribution in [2.45, 2.75) is 38.3 Å². The summed E-state index contributed by atoms with van der Waals surface area (Å²) in [5.74, 6) is -0.895. The van der Waals surface area contributed by atoms with Crippen molar-refractivity contribution in [2.75, 3.05) is 11.1 Å². The number of nitrogens with one attached hydrogen (secondary N) is 2. The Hall–Kier alpha value is -1.83. The Bertz CT molecular complexity index is 521. The van der Waals surface area contributed by atoms with Crippen LogP contribution in [0.25, 0.3) is 0 Å². The molecule has 0 spiro atoms. The maximum absolute atomic E-state index is 12.0. The summed E-state index contributed by atoms with van der Waals surface area (Å²) >= 11 is 1.18. The lowest BCUT2D eigenvalue weighted by Crippen LogP contribution is -2.52. The van der Waals surface area contributed by atoms with Gasteiger partial charge in [-0.1, -0.05) is 11.3 Å². The highest BCUT2D eigenvalue weighted by molar-refractivity contribution is 7.18. The van der Waals surface area contributed by atoms with Gasteiger partial charge in [0, 0.05) is 6.04 Å². The van der Waals surface area contributed by atoms with E-state index >= 15 is 0 Å². The minimum absolute atomic E-state index is 0.158. The van der Waals surface area contributed by atoms with Crippen molar-refractivity contribution in [1.82, 2.24) is 10.3 Å². The van der Waals surface area contributed by atoms with Gasteiger partial charge in [-0.2, -0.15) is 0 Å². The van der Waals surface area contributed by atoms with Crippen LogP contribution in [0.1, 0.15) is 36.4 Å². The molecule has 1 aliphatic carbocycles. The summed E-state index contributed by atoms with van der Waals surface area (Å²) in [5.41, 5.74) is 9.79. The largest absolute Gasteiger partial charge is 0.382 e. The zero-order chi connectivity index (χ0) is 14.2. The number of carbonyl (C=O) groups excluding carboxylic acids is 2. The Morgan fingerprint density at radius 3 is 2.58 bits per heavy atom. The number of primary amides is 1. The smallest absolute Gasteiger partial charge is 0.266 e. The first kappa shape index (κ1) is 13.6. The summed E-state index contributed by atoms with van der Waals surface area (Å²) < 4.78 is 0. The van der Waals surface area contributed by atoms with Crippen LogP contribution in [0.2, 0.25) is 0 Å². The minimum Gasteiger partial charge on any atom is -0.382 e. The number of thiazole rings is 1. The fraction of sp³-hybridized carbons (Fsp3) is 0.545. The monoisotopic (exact) mass is 283 g/mol. The van der Waals surface area contributed by atoms with Gasteiger partial charge in [-0.3, -0.25) is 9.59 Å². The molecule has 2 rings (SSSR count). The Balaban J connectivity index is 2.10. The van der Waals surface area contributed by atoms with Crippen molar-refractivity contribution in [1.29, 1.82) is 0 Å².